The third-order valence-corrected chi connectivity index (χ3v) is 6.81. The zero-order valence-electron chi connectivity index (χ0n) is 20.9. The molecule has 0 aromatic rings. The second kappa shape index (κ2) is 11.7. The van der Waals surface area contributed by atoms with Crippen molar-refractivity contribution in [2.24, 2.45) is 11.3 Å². The summed E-state index contributed by atoms with van der Waals surface area (Å²) in [4.78, 5) is 0. The lowest BCUT2D eigenvalue weighted by molar-refractivity contribution is -0.426. The molecule has 166 valence electrons. The van der Waals surface area contributed by atoms with Gasteiger partial charge in [-0.2, -0.15) is 0 Å². The van der Waals surface area contributed by atoms with E-state index < -0.39 is 0 Å². The minimum absolute atomic E-state index is 0.334. The van der Waals surface area contributed by atoms with E-state index >= 15 is 0 Å². The van der Waals surface area contributed by atoms with Crippen LogP contribution >= 0.6 is 0 Å². The highest BCUT2D eigenvalue weighted by Crippen LogP contribution is 2.51. The molecule has 1 heterocycles. The van der Waals surface area contributed by atoms with E-state index in [-0.39, 0.29) is 0 Å². The van der Waals surface area contributed by atoms with Gasteiger partial charge in [-0.1, -0.05) is 53.0 Å². The van der Waals surface area contributed by atoms with Crippen LogP contribution in [-0.2, 0) is 0 Å². The van der Waals surface area contributed by atoms with E-state index in [1.165, 1.54) is 68.1 Å². The van der Waals surface area contributed by atoms with Crippen LogP contribution < -0.4 is 0 Å². The predicted molar refractivity (Wildman–Crippen MR) is 134 cm³/mol. The van der Waals surface area contributed by atoms with Crippen molar-refractivity contribution in [3.8, 4) is 0 Å². The lowest BCUT2D eigenvalue weighted by Crippen LogP contribution is -2.34. The molecule has 1 aliphatic carbocycles. The van der Waals surface area contributed by atoms with E-state index in [9.17, 15) is 0 Å². The fourth-order valence-corrected chi connectivity index (χ4v) is 5.13. The van der Waals surface area contributed by atoms with Crippen LogP contribution in [0.1, 0.15) is 99.3 Å². The topological polar surface area (TPSA) is 3.01 Å². The maximum atomic E-state index is 2.55. The van der Waals surface area contributed by atoms with E-state index in [0.717, 1.165) is 12.3 Å². The van der Waals surface area contributed by atoms with Crippen molar-refractivity contribution in [1.82, 2.24) is 0 Å². The Hall–Kier alpha value is -1.63. The van der Waals surface area contributed by atoms with Crippen molar-refractivity contribution in [1.29, 1.82) is 0 Å². The van der Waals surface area contributed by atoms with Gasteiger partial charge in [0.15, 0.2) is 12.4 Å². The second-order valence-electron chi connectivity index (χ2n) is 10.3. The van der Waals surface area contributed by atoms with Gasteiger partial charge in [-0.15, -0.1) is 0 Å². The van der Waals surface area contributed by atoms with Crippen LogP contribution in [-0.4, -0.2) is 17.8 Å². The van der Waals surface area contributed by atoms with E-state index in [0.29, 0.717) is 5.41 Å². The first-order chi connectivity index (χ1) is 14.2. The van der Waals surface area contributed by atoms with Crippen molar-refractivity contribution in [2.45, 2.75) is 99.3 Å². The molecule has 0 bridgehead atoms. The number of hydrogen-bond acceptors (Lipinski definition) is 0. The van der Waals surface area contributed by atoms with Crippen LogP contribution in [0.15, 0.2) is 58.4 Å². The van der Waals surface area contributed by atoms with Gasteiger partial charge < -0.3 is 0 Å². The van der Waals surface area contributed by atoms with Crippen LogP contribution in [0.5, 0.6) is 0 Å². The second-order valence-corrected chi connectivity index (χ2v) is 10.3. The quantitative estimate of drug-likeness (QED) is 0.251. The zero-order chi connectivity index (χ0) is 22.1. The lowest BCUT2D eigenvalue weighted by Gasteiger charge is -2.33. The highest BCUT2D eigenvalue weighted by molar-refractivity contribution is 5.65. The summed E-state index contributed by atoms with van der Waals surface area (Å²) in [6, 6.07) is 0. The molecule has 1 heteroatoms. The SMILES string of the molecule is CC(C)=CCC/C(C)=C/CC1=C[N+](C)=C[C@@]2(C/C=C(\C)CCC=C(C)C)CCCC12. The number of fused-ring (bicyclic) bond motifs is 1. The number of nitrogens with zero attached hydrogens (tertiary/aromatic N) is 1. The molecule has 0 aromatic heterocycles. The maximum Gasteiger partial charge on any atom is 0.168 e. The normalized spacial score (nSPS) is 24.2. The molecule has 0 spiro atoms. The molecule has 0 N–H and O–H groups in total. The van der Waals surface area contributed by atoms with E-state index in [1.54, 1.807) is 11.1 Å². The molecule has 0 radical (unpaired) electrons. The molecule has 1 nitrogen and oxygen atoms in total. The summed E-state index contributed by atoms with van der Waals surface area (Å²) in [5, 5.41) is 0. The zero-order valence-corrected chi connectivity index (χ0v) is 20.9. The van der Waals surface area contributed by atoms with Gasteiger partial charge in [0, 0.05) is 11.5 Å². The molecule has 1 aliphatic heterocycles. The van der Waals surface area contributed by atoms with Gasteiger partial charge in [0.25, 0.3) is 0 Å². The molecule has 2 atom stereocenters. The first-order valence-corrected chi connectivity index (χ1v) is 12.1. The summed E-state index contributed by atoms with van der Waals surface area (Å²) in [6.45, 7) is 13.4. The van der Waals surface area contributed by atoms with Gasteiger partial charge >= 0.3 is 0 Å². The molecule has 1 saturated carbocycles. The highest BCUT2D eigenvalue weighted by atomic mass is 15.0. The lowest BCUT2D eigenvalue weighted by atomic mass is 9.70. The fraction of sp³-hybridized carbons (Fsp3) is 0.621. The first kappa shape index (κ1) is 24.6. The summed E-state index contributed by atoms with van der Waals surface area (Å²) in [6.07, 6.45) is 25.8. The van der Waals surface area contributed by atoms with Crippen LogP contribution in [0.4, 0.5) is 0 Å². The summed E-state index contributed by atoms with van der Waals surface area (Å²) in [5.41, 5.74) is 7.92. The number of allylic oxidation sites excluding steroid dienone is 9. The van der Waals surface area contributed by atoms with Crippen molar-refractivity contribution in [3.63, 3.8) is 0 Å². The largest absolute Gasteiger partial charge is 0.211 e. The average molecular weight is 409 g/mol. The van der Waals surface area contributed by atoms with Crippen LogP contribution in [0, 0.1) is 11.3 Å². The Morgan fingerprint density at radius 2 is 1.53 bits per heavy atom. The minimum Gasteiger partial charge on any atom is -0.211 e. The van der Waals surface area contributed by atoms with Crippen molar-refractivity contribution in [3.05, 3.63) is 58.4 Å². The molecular weight excluding hydrogens is 362 g/mol. The molecular formula is C29H46N+. The first-order valence-electron chi connectivity index (χ1n) is 12.1. The van der Waals surface area contributed by atoms with Gasteiger partial charge in [0.05, 0.1) is 5.41 Å². The maximum absolute atomic E-state index is 2.55. The Morgan fingerprint density at radius 1 is 0.933 bits per heavy atom. The Morgan fingerprint density at radius 3 is 2.13 bits per heavy atom. The van der Waals surface area contributed by atoms with E-state index in [2.05, 4.69) is 89.9 Å². The Bertz CT molecular complexity index is 760. The molecule has 0 amide bonds. The smallest absolute Gasteiger partial charge is 0.168 e. The van der Waals surface area contributed by atoms with E-state index in [1.807, 2.05) is 0 Å². The number of hydrogen-bond donors (Lipinski definition) is 0. The van der Waals surface area contributed by atoms with Gasteiger partial charge in [-0.3, -0.25) is 0 Å². The Labute approximate surface area is 187 Å². The monoisotopic (exact) mass is 408 g/mol. The summed E-state index contributed by atoms with van der Waals surface area (Å²) >= 11 is 0. The molecule has 1 unspecified atom stereocenters. The van der Waals surface area contributed by atoms with Crippen LogP contribution in [0.3, 0.4) is 0 Å². The van der Waals surface area contributed by atoms with Crippen molar-refractivity contribution in [2.75, 3.05) is 7.05 Å². The van der Waals surface area contributed by atoms with Gasteiger partial charge in [-0.25, -0.2) is 4.58 Å². The third kappa shape index (κ3) is 7.56. The van der Waals surface area contributed by atoms with Crippen molar-refractivity contribution >= 4 is 6.21 Å². The standard InChI is InChI=1S/C29H46N/c1-23(2)11-8-13-25(5)16-17-27-21-30(7)22-29(19-10-15-28(27)29)20-18-26(6)14-9-12-24(3)4/h11-12,16,18,21-22,28H,8-10,13-15,17,19-20H2,1-7H3/q+1/b25-16+,26-18+/t28?,29-/m0/s1. The summed E-state index contributed by atoms with van der Waals surface area (Å²) < 4.78 is 2.36. The van der Waals surface area contributed by atoms with Gasteiger partial charge in [-0.05, 0) is 92.9 Å². The predicted octanol–water partition coefficient (Wildman–Crippen LogP) is 8.55. The molecule has 2 rings (SSSR count). The highest BCUT2D eigenvalue weighted by Gasteiger charge is 2.47. The molecule has 0 aromatic carbocycles. The number of rotatable bonds is 10. The molecule has 0 saturated heterocycles. The van der Waals surface area contributed by atoms with Crippen LogP contribution in [0.25, 0.3) is 0 Å². The van der Waals surface area contributed by atoms with Crippen LogP contribution in [0.2, 0.25) is 0 Å². The van der Waals surface area contributed by atoms with Gasteiger partial charge in [0.1, 0.15) is 7.05 Å². The van der Waals surface area contributed by atoms with Gasteiger partial charge in [0.2, 0.25) is 0 Å². The Balaban J connectivity index is 2.05. The molecule has 2 aliphatic rings. The third-order valence-electron chi connectivity index (χ3n) is 6.81. The minimum atomic E-state index is 0.334. The Kier molecular flexibility index (Phi) is 9.59. The molecule has 30 heavy (non-hydrogen) atoms. The molecule has 1 fully saturated rings. The summed E-state index contributed by atoms with van der Waals surface area (Å²) in [7, 11) is 2.23. The summed E-state index contributed by atoms with van der Waals surface area (Å²) in [5.74, 6) is 0.720. The fourth-order valence-electron chi connectivity index (χ4n) is 5.13. The van der Waals surface area contributed by atoms with E-state index in [4.69, 9.17) is 0 Å². The average Bonchev–Trinajstić information content (AvgIpc) is 3.08. The van der Waals surface area contributed by atoms with Crippen molar-refractivity contribution < 1.29 is 4.58 Å².